The second kappa shape index (κ2) is 5.72. The van der Waals surface area contributed by atoms with E-state index in [-0.39, 0.29) is 6.61 Å². The van der Waals surface area contributed by atoms with E-state index in [1.807, 2.05) is 78.9 Å². The highest BCUT2D eigenvalue weighted by Gasteiger charge is 2.10. The molecule has 20 heavy (non-hydrogen) atoms. The van der Waals surface area contributed by atoms with E-state index in [2.05, 4.69) is 0 Å². The fourth-order valence-electron chi connectivity index (χ4n) is 2.52. The smallest absolute Gasteiger partial charge is 0.108 e. The van der Waals surface area contributed by atoms with Crippen molar-refractivity contribution in [2.75, 3.05) is 0 Å². The Morgan fingerprint density at radius 1 is 0.550 bits per heavy atom. The quantitative estimate of drug-likeness (QED) is 0.634. The van der Waals surface area contributed by atoms with Crippen LogP contribution in [-0.4, -0.2) is 0 Å². The minimum Gasteiger partial charge on any atom is -0.232 e. The van der Waals surface area contributed by atoms with Gasteiger partial charge in [-0.05, 0) is 27.8 Å². The van der Waals surface area contributed by atoms with Gasteiger partial charge in [0.2, 0.25) is 0 Å². The minimum atomic E-state index is -0.213. The molecule has 0 aliphatic carbocycles. The van der Waals surface area contributed by atoms with Gasteiger partial charge in [-0.25, -0.2) is 5.11 Å². The van der Waals surface area contributed by atoms with Gasteiger partial charge in [0.15, 0.2) is 0 Å². The Kier molecular flexibility index (Phi) is 3.62. The van der Waals surface area contributed by atoms with Gasteiger partial charge in [0.1, 0.15) is 6.61 Å². The maximum absolute atomic E-state index is 11.7. The summed E-state index contributed by atoms with van der Waals surface area (Å²) in [5.41, 5.74) is 5.11. The number of rotatable bonds is 3. The molecule has 3 aromatic rings. The SMILES string of the molecule is [O]Cc1c(-c2ccccc2)cccc1-c1ccccc1. The van der Waals surface area contributed by atoms with Crippen LogP contribution in [0.2, 0.25) is 0 Å². The van der Waals surface area contributed by atoms with E-state index in [9.17, 15) is 5.11 Å². The fraction of sp³-hybridized carbons (Fsp3) is 0.0526. The van der Waals surface area contributed by atoms with Crippen LogP contribution < -0.4 is 0 Å². The third-order valence-electron chi connectivity index (χ3n) is 3.49. The van der Waals surface area contributed by atoms with Crippen molar-refractivity contribution >= 4 is 0 Å². The predicted molar refractivity (Wildman–Crippen MR) is 81.7 cm³/mol. The first kappa shape index (κ1) is 12.6. The molecule has 0 amide bonds. The fourth-order valence-corrected chi connectivity index (χ4v) is 2.52. The van der Waals surface area contributed by atoms with Gasteiger partial charge in [0.25, 0.3) is 0 Å². The summed E-state index contributed by atoms with van der Waals surface area (Å²) >= 11 is 0. The first-order chi connectivity index (χ1) is 9.90. The molecular weight excluding hydrogens is 244 g/mol. The van der Waals surface area contributed by atoms with Crippen LogP contribution in [0, 0.1) is 0 Å². The Balaban J connectivity index is 2.19. The second-order valence-corrected chi connectivity index (χ2v) is 4.71. The zero-order valence-electron chi connectivity index (χ0n) is 11.1. The van der Waals surface area contributed by atoms with Gasteiger partial charge in [-0.1, -0.05) is 78.9 Å². The average Bonchev–Trinajstić information content (AvgIpc) is 2.55. The Morgan fingerprint density at radius 3 is 1.40 bits per heavy atom. The van der Waals surface area contributed by atoms with Crippen molar-refractivity contribution in [1.29, 1.82) is 0 Å². The Morgan fingerprint density at radius 2 is 1.00 bits per heavy atom. The third-order valence-corrected chi connectivity index (χ3v) is 3.49. The summed E-state index contributed by atoms with van der Waals surface area (Å²) in [4.78, 5) is 0. The molecule has 1 radical (unpaired) electrons. The van der Waals surface area contributed by atoms with Gasteiger partial charge < -0.3 is 0 Å². The van der Waals surface area contributed by atoms with E-state index < -0.39 is 0 Å². The predicted octanol–water partition coefficient (Wildman–Crippen LogP) is 4.95. The van der Waals surface area contributed by atoms with E-state index in [0.29, 0.717) is 0 Å². The first-order valence-electron chi connectivity index (χ1n) is 6.71. The molecule has 0 aliphatic heterocycles. The second-order valence-electron chi connectivity index (χ2n) is 4.71. The molecule has 0 spiro atoms. The van der Waals surface area contributed by atoms with Gasteiger partial charge in [0.05, 0.1) is 0 Å². The van der Waals surface area contributed by atoms with Crippen LogP contribution in [0.3, 0.4) is 0 Å². The van der Waals surface area contributed by atoms with E-state index in [0.717, 1.165) is 27.8 Å². The van der Waals surface area contributed by atoms with E-state index in [1.54, 1.807) is 0 Å². The summed E-state index contributed by atoms with van der Waals surface area (Å²) < 4.78 is 0. The Bertz CT molecular complexity index is 630. The van der Waals surface area contributed by atoms with Gasteiger partial charge in [-0.15, -0.1) is 0 Å². The van der Waals surface area contributed by atoms with Crippen LogP contribution in [0.25, 0.3) is 22.3 Å². The Hall–Kier alpha value is -2.38. The van der Waals surface area contributed by atoms with Crippen LogP contribution in [0.15, 0.2) is 78.9 Å². The molecule has 3 rings (SSSR count). The molecule has 0 N–H and O–H groups in total. The van der Waals surface area contributed by atoms with Crippen molar-refractivity contribution in [2.45, 2.75) is 6.61 Å². The molecule has 0 bridgehead atoms. The molecule has 0 aromatic heterocycles. The number of hydrogen-bond donors (Lipinski definition) is 0. The van der Waals surface area contributed by atoms with Crippen LogP contribution in [0.4, 0.5) is 0 Å². The topological polar surface area (TPSA) is 19.9 Å². The molecule has 3 aromatic carbocycles. The lowest BCUT2D eigenvalue weighted by Crippen LogP contribution is -1.93. The summed E-state index contributed by atoms with van der Waals surface area (Å²) in [5.74, 6) is 0. The zero-order chi connectivity index (χ0) is 13.8. The third kappa shape index (κ3) is 2.36. The largest absolute Gasteiger partial charge is 0.232 e. The molecule has 1 nitrogen and oxygen atoms in total. The van der Waals surface area contributed by atoms with E-state index >= 15 is 0 Å². The van der Waals surface area contributed by atoms with Crippen molar-refractivity contribution < 1.29 is 5.11 Å². The highest BCUT2D eigenvalue weighted by molar-refractivity contribution is 5.78. The summed E-state index contributed by atoms with van der Waals surface area (Å²) in [5, 5.41) is 11.7. The molecule has 0 heterocycles. The summed E-state index contributed by atoms with van der Waals surface area (Å²) in [6, 6.07) is 26.2. The molecule has 0 fully saturated rings. The van der Waals surface area contributed by atoms with E-state index in [1.165, 1.54) is 0 Å². The lowest BCUT2D eigenvalue weighted by molar-refractivity contribution is 0.178. The normalized spacial score (nSPS) is 10.4. The molecule has 0 aliphatic rings. The van der Waals surface area contributed by atoms with Gasteiger partial charge in [-0.2, -0.15) is 0 Å². The molecule has 97 valence electrons. The molecule has 0 unspecified atom stereocenters. The lowest BCUT2D eigenvalue weighted by Gasteiger charge is -2.13. The van der Waals surface area contributed by atoms with E-state index in [4.69, 9.17) is 0 Å². The standard InChI is InChI=1S/C19H15O/c20-14-19-17(15-8-3-1-4-9-15)12-7-13-18(19)16-10-5-2-6-11-16/h1-13H,14H2. The summed E-state index contributed by atoms with van der Waals surface area (Å²) in [6.07, 6.45) is 0. The van der Waals surface area contributed by atoms with Crippen LogP contribution in [-0.2, 0) is 11.7 Å². The van der Waals surface area contributed by atoms with Crippen molar-refractivity contribution in [1.82, 2.24) is 0 Å². The molecule has 0 saturated carbocycles. The summed E-state index contributed by atoms with van der Waals surface area (Å²) in [6.45, 7) is -0.213. The Labute approximate surface area is 119 Å². The maximum Gasteiger partial charge on any atom is 0.108 e. The molecule has 0 atom stereocenters. The number of benzene rings is 3. The van der Waals surface area contributed by atoms with Gasteiger partial charge in [-0.3, -0.25) is 0 Å². The maximum atomic E-state index is 11.7. The molecule has 0 saturated heterocycles. The zero-order valence-corrected chi connectivity index (χ0v) is 11.1. The average molecular weight is 259 g/mol. The molecular formula is C19H15O. The summed E-state index contributed by atoms with van der Waals surface area (Å²) in [7, 11) is 0. The van der Waals surface area contributed by atoms with Crippen LogP contribution >= 0.6 is 0 Å². The highest BCUT2D eigenvalue weighted by Crippen LogP contribution is 2.32. The minimum absolute atomic E-state index is 0.213. The van der Waals surface area contributed by atoms with Crippen molar-refractivity contribution in [3.05, 3.63) is 84.4 Å². The van der Waals surface area contributed by atoms with Crippen LogP contribution in [0.1, 0.15) is 5.56 Å². The first-order valence-corrected chi connectivity index (χ1v) is 6.71. The van der Waals surface area contributed by atoms with Gasteiger partial charge in [0, 0.05) is 0 Å². The number of hydrogen-bond acceptors (Lipinski definition) is 0. The van der Waals surface area contributed by atoms with Crippen molar-refractivity contribution in [2.24, 2.45) is 0 Å². The molecule has 1 heteroatoms. The highest BCUT2D eigenvalue weighted by atomic mass is 16.3. The lowest BCUT2D eigenvalue weighted by atomic mass is 9.92. The van der Waals surface area contributed by atoms with Crippen molar-refractivity contribution in [3.8, 4) is 22.3 Å². The van der Waals surface area contributed by atoms with Crippen LogP contribution in [0.5, 0.6) is 0 Å². The van der Waals surface area contributed by atoms with Crippen molar-refractivity contribution in [3.63, 3.8) is 0 Å². The van der Waals surface area contributed by atoms with Gasteiger partial charge >= 0.3 is 0 Å². The monoisotopic (exact) mass is 259 g/mol.